The van der Waals surface area contributed by atoms with E-state index in [-0.39, 0.29) is 36.0 Å². The number of carbonyl (C=O) groups is 3. The van der Waals surface area contributed by atoms with Gasteiger partial charge in [0.05, 0.1) is 29.1 Å². The number of hydrogen-bond acceptors (Lipinski definition) is 7. The number of thioether (sulfide) groups is 1. The smallest absolute Gasteiger partial charge is 0.353 e. The molecule has 2 amide bonds. The highest BCUT2D eigenvalue weighted by molar-refractivity contribution is 8.03. The van der Waals surface area contributed by atoms with Crippen molar-refractivity contribution >= 4 is 39.4 Å². The number of β-lactam (4-membered cyclic amide) rings is 1. The Hall–Kier alpha value is -1.59. The van der Waals surface area contributed by atoms with E-state index in [2.05, 4.69) is 5.32 Å². The molecule has 3 rings (SSSR count). The van der Waals surface area contributed by atoms with Crippen molar-refractivity contribution in [1.82, 2.24) is 10.2 Å². The van der Waals surface area contributed by atoms with Crippen LogP contribution in [0.3, 0.4) is 0 Å². The molecular weight excluding hydrogens is 396 g/mol. The third kappa shape index (κ3) is 3.72. The van der Waals surface area contributed by atoms with Crippen molar-refractivity contribution in [3.63, 3.8) is 0 Å². The van der Waals surface area contributed by atoms with Gasteiger partial charge in [0.25, 0.3) is 0 Å². The van der Waals surface area contributed by atoms with Crippen LogP contribution in [-0.4, -0.2) is 76.8 Å². The van der Waals surface area contributed by atoms with Crippen molar-refractivity contribution in [1.29, 1.82) is 0 Å². The van der Waals surface area contributed by atoms with Gasteiger partial charge in [0.1, 0.15) is 5.70 Å². The van der Waals surface area contributed by atoms with Crippen molar-refractivity contribution < 1.29 is 33.0 Å². The fourth-order valence-corrected chi connectivity index (χ4v) is 6.59. The Labute approximate surface area is 161 Å². The molecule has 0 radical (unpaired) electrons. The maximum absolute atomic E-state index is 12.6. The van der Waals surface area contributed by atoms with Gasteiger partial charge < -0.3 is 20.4 Å². The third-order valence-electron chi connectivity index (χ3n) is 5.35. The van der Waals surface area contributed by atoms with Gasteiger partial charge in [-0.2, -0.15) is 0 Å². The van der Waals surface area contributed by atoms with Crippen LogP contribution in [0.25, 0.3) is 0 Å². The summed E-state index contributed by atoms with van der Waals surface area (Å²) in [5, 5.41) is 23.0. The largest absolute Gasteiger partial charge is 0.477 e. The first kappa shape index (κ1) is 20.2. The highest BCUT2D eigenvalue weighted by Crippen LogP contribution is 2.51. The highest BCUT2D eigenvalue weighted by Gasteiger charge is 2.62. The first-order valence-corrected chi connectivity index (χ1v) is 11.5. The van der Waals surface area contributed by atoms with Gasteiger partial charge in [0, 0.05) is 30.5 Å². The van der Waals surface area contributed by atoms with Gasteiger partial charge in [0.15, 0.2) is 9.84 Å². The quantitative estimate of drug-likeness (QED) is 0.381. The van der Waals surface area contributed by atoms with Crippen molar-refractivity contribution in [3.8, 4) is 0 Å². The number of carboxylic acids is 1. The molecule has 27 heavy (non-hydrogen) atoms. The Kier molecular flexibility index (Phi) is 5.30. The van der Waals surface area contributed by atoms with Gasteiger partial charge in [-0.25, -0.2) is 13.2 Å². The number of fused-ring (bicyclic) bond motifs is 1. The fourth-order valence-electron chi connectivity index (χ4n) is 3.99. The molecule has 9 nitrogen and oxygen atoms in total. The van der Waals surface area contributed by atoms with Gasteiger partial charge in [0.2, 0.25) is 11.8 Å². The summed E-state index contributed by atoms with van der Waals surface area (Å²) in [6.07, 6.45) is 0.296. The molecule has 2 saturated heterocycles. The molecule has 0 aromatic heterocycles. The van der Waals surface area contributed by atoms with E-state index >= 15 is 0 Å². The number of rotatable bonds is 6. The number of sulfone groups is 1. The summed E-state index contributed by atoms with van der Waals surface area (Å²) in [5.74, 6) is -2.50. The topological polar surface area (TPSA) is 141 Å². The van der Waals surface area contributed by atoms with E-state index in [1.54, 1.807) is 0 Å². The zero-order chi connectivity index (χ0) is 20.0. The van der Waals surface area contributed by atoms with Crippen LogP contribution < -0.4 is 5.32 Å². The fraction of sp³-hybridized carbons (Fsp3) is 0.688. The molecule has 0 unspecified atom stereocenters. The molecule has 11 heteroatoms. The van der Waals surface area contributed by atoms with Crippen molar-refractivity contribution in [3.05, 3.63) is 10.6 Å². The normalized spacial score (nSPS) is 28.5. The van der Waals surface area contributed by atoms with Crippen LogP contribution in [-0.2, 0) is 24.2 Å². The summed E-state index contributed by atoms with van der Waals surface area (Å²) in [6, 6.07) is -0.460. The van der Waals surface area contributed by atoms with E-state index in [1.807, 2.05) is 0 Å². The molecule has 0 spiro atoms. The molecule has 2 fully saturated rings. The predicted octanol–water partition coefficient (Wildman–Crippen LogP) is -0.678. The lowest BCUT2D eigenvalue weighted by Gasteiger charge is -2.51. The summed E-state index contributed by atoms with van der Waals surface area (Å²) in [5.41, 5.74) is -1.48. The van der Waals surface area contributed by atoms with Gasteiger partial charge in [-0.3, -0.25) is 9.59 Å². The second-order valence-electron chi connectivity index (χ2n) is 7.12. The van der Waals surface area contributed by atoms with Crippen LogP contribution in [0.1, 0.15) is 26.2 Å². The second-order valence-corrected chi connectivity index (χ2v) is 10.6. The number of aliphatic carboxylic acids is 1. The number of carbonyl (C=O) groups excluding carboxylic acids is 2. The molecule has 0 aromatic carbocycles. The molecule has 0 saturated carbocycles. The van der Waals surface area contributed by atoms with E-state index in [0.29, 0.717) is 23.6 Å². The average molecular weight is 418 g/mol. The number of amides is 2. The highest BCUT2D eigenvalue weighted by atomic mass is 32.2. The van der Waals surface area contributed by atoms with Crippen molar-refractivity contribution in [2.45, 2.75) is 37.8 Å². The third-order valence-corrected chi connectivity index (χ3v) is 8.11. The van der Waals surface area contributed by atoms with Crippen LogP contribution >= 0.6 is 11.8 Å². The Morgan fingerprint density at radius 3 is 2.52 bits per heavy atom. The Balaban J connectivity index is 1.72. The Morgan fingerprint density at radius 2 is 1.96 bits per heavy atom. The monoisotopic (exact) mass is 418 g/mol. The minimum absolute atomic E-state index is 0.0104. The first-order chi connectivity index (χ1) is 12.6. The van der Waals surface area contributed by atoms with E-state index in [1.165, 1.54) is 23.6 Å². The summed E-state index contributed by atoms with van der Waals surface area (Å²) >= 11 is 1.27. The molecule has 0 aliphatic carbocycles. The Bertz CT molecular complexity index is 807. The van der Waals surface area contributed by atoms with Gasteiger partial charge in [-0.15, -0.1) is 11.8 Å². The molecule has 150 valence electrons. The zero-order valence-electron chi connectivity index (χ0n) is 14.8. The van der Waals surface area contributed by atoms with Crippen molar-refractivity contribution in [2.24, 2.45) is 5.92 Å². The molecule has 0 bridgehead atoms. The molecule has 3 aliphatic rings. The molecule has 2 atom stereocenters. The number of hydrogen-bond donors (Lipinski definition) is 3. The average Bonchev–Trinajstić information content (AvgIpc) is 2.89. The van der Waals surface area contributed by atoms with Gasteiger partial charge >= 0.3 is 5.97 Å². The lowest BCUT2D eigenvalue weighted by Crippen LogP contribution is -2.67. The lowest BCUT2D eigenvalue weighted by molar-refractivity contribution is -0.174. The standard InChI is InChI=1S/C16H22N2O7S2/c1-9(19)17-4-5-26-11-8-10-12(14(20)18(10)13(11)15(21)22)16(23)2-6-27(24,25)7-3-16/h10,12,23H,2-8H2,1H3,(H,17,19)(H,21,22)/t10-,12+/m1/s1. The molecule has 3 heterocycles. The zero-order valence-corrected chi connectivity index (χ0v) is 16.4. The van der Waals surface area contributed by atoms with Crippen LogP contribution in [0.4, 0.5) is 0 Å². The number of aliphatic hydroxyl groups is 1. The van der Waals surface area contributed by atoms with E-state index in [0.717, 1.165) is 0 Å². The predicted molar refractivity (Wildman–Crippen MR) is 97.4 cm³/mol. The lowest BCUT2D eigenvalue weighted by atomic mass is 9.71. The number of nitrogens with one attached hydrogen (secondary N) is 1. The maximum Gasteiger partial charge on any atom is 0.353 e. The molecule has 3 N–H and O–H groups in total. The van der Waals surface area contributed by atoms with Gasteiger partial charge in [-0.1, -0.05) is 0 Å². The first-order valence-electron chi connectivity index (χ1n) is 8.65. The number of nitrogens with zero attached hydrogens (tertiary/aromatic N) is 1. The maximum atomic E-state index is 12.6. The van der Waals surface area contributed by atoms with Gasteiger partial charge in [-0.05, 0) is 12.8 Å². The summed E-state index contributed by atoms with van der Waals surface area (Å²) in [6.45, 7) is 1.77. The molecule has 3 aliphatic heterocycles. The van der Waals surface area contributed by atoms with Crippen LogP contribution in [0.15, 0.2) is 10.6 Å². The van der Waals surface area contributed by atoms with E-state index < -0.39 is 39.3 Å². The van der Waals surface area contributed by atoms with Crippen LogP contribution in [0.2, 0.25) is 0 Å². The summed E-state index contributed by atoms with van der Waals surface area (Å²) in [7, 11) is -3.20. The summed E-state index contributed by atoms with van der Waals surface area (Å²) in [4.78, 5) is 37.0. The number of carboxylic acid groups (broad SMARTS) is 1. The minimum Gasteiger partial charge on any atom is -0.477 e. The van der Waals surface area contributed by atoms with E-state index in [9.17, 15) is 33.0 Å². The van der Waals surface area contributed by atoms with Crippen LogP contribution in [0.5, 0.6) is 0 Å². The minimum atomic E-state index is -3.20. The van der Waals surface area contributed by atoms with E-state index in [4.69, 9.17) is 0 Å². The van der Waals surface area contributed by atoms with Crippen molar-refractivity contribution in [2.75, 3.05) is 23.8 Å². The SMILES string of the molecule is CC(=O)NCCSC1=C(C(=O)O)N2C(=O)[C@@H](C3(O)CCS(=O)(=O)CC3)[C@H]2C1. The van der Waals surface area contributed by atoms with Crippen LogP contribution in [0, 0.1) is 5.92 Å². The Morgan fingerprint density at radius 1 is 1.33 bits per heavy atom. The molecular formula is C16H22N2O7S2. The summed E-state index contributed by atoms with van der Waals surface area (Å²) < 4.78 is 23.3. The molecule has 0 aromatic rings. The second kappa shape index (κ2) is 7.10.